The molecule has 0 aliphatic rings. The molecule has 0 amide bonds. The fourth-order valence-electron chi connectivity index (χ4n) is 2.20. The van der Waals surface area contributed by atoms with E-state index in [0.717, 1.165) is 12.1 Å². The number of non-ortho nitro benzene ring substituents is 1. The average Bonchev–Trinajstić information content (AvgIpc) is 2.67. The van der Waals surface area contributed by atoms with Gasteiger partial charge in [-0.05, 0) is 12.1 Å². The Morgan fingerprint density at radius 1 is 0.926 bits per heavy atom. The van der Waals surface area contributed by atoms with Crippen LogP contribution in [0.4, 0.5) is 17.1 Å². The Labute approximate surface area is 153 Å². The molecule has 0 radical (unpaired) electrons. The third-order valence-corrected chi connectivity index (χ3v) is 3.51. The molecule has 0 fully saturated rings. The molecule has 0 unspecified atom stereocenters. The maximum atomic E-state index is 11.1. The first kappa shape index (κ1) is 19.4. The normalized spacial score (nSPS) is 10.5. The molecule has 0 spiro atoms. The first-order valence-corrected chi connectivity index (χ1v) is 7.43. The van der Waals surface area contributed by atoms with E-state index in [2.05, 4.69) is 10.5 Å². The van der Waals surface area contributed by atoms with E-state index in [1.807, 2.05) is 0 Å². The van der Waals surface area contributed by atoms with Crippen LogP contribution < -0.4 is 19.6 Å². The molecule has 0 atom stereocenters. The summed E-state index contributed by atoms with van der Waals surface area (Å²) >= 11 is 0. The fourth-order valence-corrected chi connectivity index (χ4v) is 2.20. The van der Waals surface area contributed by atoms with Crippen LogP contribution in [0.15, 0.2) is 35.4 Å². The Morgan fingerprint density at radius 2 is 1.56 bits per heavy atom. The zero-order valence-electron chi connectivity index (χ0n) is 14.7. The van der Waals surface area contributed by atoms with Crippen molar-refractivity contribution in [2.75, 3.05) is 26.8 Å². The summed E-state index contributed by atoms with van der Waals surface area (Å²) in [6, 6.07) is 6.43. The summed E-state index contributed by atoms with van der Waals surface area (Å²) in [5.74, 6) is 1.35. The van der Waals surface area contributed by atoms with E-state index in [-0.39, 0.29) is 5.69 Å². The van der Waals surface area contributed by atoms with Crippen molar-refractivity contribution in [3.8, 4) is 17.2 Å². The minimum atomic E-state index is -0.734. The van der Waals surface area contributed by atoms with Gasteiger partial charge in [0, 0.05) is 17.7 Å². The standard InChI is InChI=1S/C16H16N4O7/c1-25-14-8-16(27-3)15(26-2)6-10(14)9-17-18-12-5-4-11(19(21)22)7-13(12)20(23)24/h4-9,18H,1-3H3/b17-9+. The van der Waals surface area contributed by atoms with Crippen molar-refractivity contribution in [1.29, 1.82) is 0 Å². The Morgan fingerprint density at radius 3 is 2.11 bits per heavy atom. The van der Waals surface area contributed by atoms with Gasteiger partial charge in [0.1, 0.15) is 11.4 Å². The monoisotopic (exact) mass is 376 g/mol. The van der Waals surface area contributed by atoms with Crippen LogP contribution in [-0.2, 0) is 0 Å². The van der Waals surface area contributed by atoms with Gasteiger partial charge in [0.15, 0.2) is 11.5 Å². The summed E-state index contributed by atoms with van der Waals surface area (Å²) < 4.78 is 15.7. The lowest BCUT2D eigenvalue weighted by Crippen LogP contribution is -2.00. The predicted molar refractivity (Wildman–Crippen MR) is 97.1 cm³/mol. The Kier molecular flexibility index (Phi) is 6.10. The summed E-state index contributed by atoms with van der Waals surface area (Å²) in [4.78, 5) is 20.4. The van der Waals surface area contributed by atoms with Crippen LogP contribution >= 0.6 is 0 Å². The molecule has 0 aliphatic heterocycles. The number of anilines is 1. The van der Waals surface area contributed by atoms with E-state index in [1.165, 1.54) is 33.6 Å². The molecule has 11 heteroatoms. The van der Waals surface area contributed by atoms with Crippen molar-refractivity contribution in [3.05, 3.63) is 56.1 Å². The minimum absolute atomic E-state index is 0.00120. The summed E-state index contributed by atoms with van der Waals surface area (Å²) in [6.45, 7) is 0. The van der Waals surface area contributed by atoms with Crippen LogP contribution in [0.1, 0.15) is 5.56 Å². The van der Waals surface area contributed by atoms with Gasteiger partial charge in [-0.3, -0.25) is 25.7 Å². The van der Waals surface area contributed by atoms with Crippen LogP contribution in [0.3, 0.4) is 0 Å². The van der Waals surface area contributed by atoms with Crippen molar-refractivity contribution in [1.82, 2.24) is 0 Å². The lowest BCUT2D eigenvalue weighted by atomic mass is 10.2. The summed E-state index contributed by atoms with van der Waals surface area (Å²) in [7, 11) is 4.43. The van der Waals surface area contributed by atoms with Crippen LogP contribution in [-0.4, -0.2) is 37.4 Å². The van der Waals surface area contributed by atoms with Crippen molar-refractivity contribution in [3.63, 3.8) is 0 Å². The third kappa shape index (κ3) is 4.39. The van der Waals surface area contributed by atoms with Gasteiger partial charge in [0.25, 0.3) is 5.69 Å². The molecule has 142 valence electrons. The number of hydrazone groups is 1. The number of hydrogen-bond acceptors (Lipinski definition) is 9. The van der Waals surface area contributed by atoms with E-state index in [9.17, 15) is 20.2 Å². The average molecular weight is 376 g/mol. The van der Waals surface area contributed by atoms with Crippen LogP contribution in [0.5, 0.6) is 17.2 Å². The Balaban J connectivity index is 2.32. The maximum Gasteiger partial charge on any atom is 0.301 e. The molecular formula is C16H16N4O7. The number of benzene rings is 2. The number of ether oxygens (including phenoxy) is 3. The van der Waals surface area contributed by atoms with Gasteiger partial charge >= 0.3 is 5.69 Å². The SMILES string of the molecule is COc1cc(OC)c(OC)cc1/C=N/Nc1ccc([N+](=O)[O-])cc1[N+](=O)[O-]. The molecule has 0 saturated heterocycles. The highest BCUT2D eigenvalue weighted by atomic mass is 16.6. The molecule has 2 aromatic rings. The predicted octanol–water partition coefficient (Wildman–Crippen LogP) is 2.97. The van der Waals surface area contributed by atoms with E-state index in [0.29, 0.717) is 22.8 Å². The molecule has 2 rings (SSSR count). The van der Waals surface area contributed by atoms with Crippen LogP contribution in [0.25, 0.3) is 0 Å². The number of hydrogen-bond donors (Lipinski definition) is 1. The Hall–Kier alpha value is -3.89. The summed E-state index contributed by atoms with van der Waals surface area (Å²) in [5, 5.41) is 25.8. The number of nitrogens with one attached hydrogen (secondary N) is 1. The Bertz CT molecular complexity index is 899. The van der Waals surface area contributed by atoms with Crippen molar-refractivity contribution in [2.45, 2.75) is 0 Å². The fraction of sp³-hybridized carbons (Fsp3) is 0.188. The highest BCUT2D eigenvalue weighted by Gasteiger charge is 2.19. The number of methoxy groups -OCH3 is 3. The second-order valence-electron chi connectivity index (χ2n) is 5.03. The van der Waals surface area contributed by atoms with Crippen molar-refractivity contribution >= 4 is 23.3 Å². The molecule has 27 heavy (non-hydrogen) atoms. The van der Waals surface area contributed by atoms with Gasteiger partial charge < -0.3 is 14.2 Å². The molecule has 0 bridgehead atoms. The zero-order valence-corrected chi connectivity index (χ0v) is 14.7. The molecule has 0 aliphatic carbocycles. The summed E-state index contributed by atoms with van der Waals surface area (Å²) in [5.41, 5.74) is 2.16. The topological polar surface area (TPSA) is 138 Å². The van der Waals surface area contributed by atoms with Gasteiger partial charge in [-0.25, -0.2) is 0 Å². The van der Waals surface area contributed by atoms with Gasteiger partial charge in [-0.2, -0.15) is 5.10 Å². The highest BCUT2D eigenvalue weighted by Crippen LogP contribution is 2.34. The highest BCUT2D eigenvalue weighted by molar-refractivity contribution is 5.86. The molecule has 0 heterocycles. The second-order valence-corrected chi connectivity index (χ2v) is 5.03. The van der Waals surface area contributed by atoms with Crippen LogP contribution in [0.2, 0.25) is 0 Å². The second kappa shape index (κ2) is 8.47. The molecule has 11 nitrogen and oxygen atoms in total. The van der Waals surface area contributed by atoms with Gasteiger partial charge in [-0.1, -0.05) is 0 Å². The number of rotatable bonds is 8. The minimum Gasteiger partial charge on any atom is -0.496 e. The molecular weight excluding hydrogens is 360 g/mol. The molecule has 0 aromatic heterocycles. The lowest BCUT2D eigenvalue weighted by Gasteiger charge is -2.11. The molecule has 1 N–H and O–H groups in total. The number of nitro benzene ring substituents is 2. The maximum absolute atomic E-state index is 11.1. The van der Waals surface area contributed by atoms with Gasteiger partial charge in [0.2, 0.25) is 0 Å². The third-order valence-electron chi connectivity index (χ3n) is 3.51. The van der Waals surface area contributed by atoms with E-state index >= 15 is 0 Å². The lowest BCUT2D eigenvalue weighted by molar-refractivity contribution is -0.393. The van der Waals surface area contributed by atoms with Gasteiger partial charge in [-0.15, -0.1) is 0 Å². The van der Waals surface area contributed by atoms with Gasteiger partial charge in [0.05, 0.1) is 43.5 Å². The summed E-state index contributed by atoms with van der Waals surface area (Å²) in [6.07, 6.45) is 1.37. The largest absolute Gasteiger partial charge is 0.496 e. The van der Waals surface area contributed by atoms with E-state index < -0.39 is 21.2 Å². The quantitative estimate of drug-likeness (QED) is 0.421. The van der Waals surface area contributed by atoms with Crippen molar-refractivity contribution < 1.29 is 24.1 Å². The zero-order chi connectivity index (χ0) is 20.0. The van der Waals surface area contributed by atoms with Crippen molar-refractivity contribution in [2.24, 2.45) is 5.10 Å². The number of nitrogens with zero attached hydrogens (tertiary/aromatic N) is 3. The first-order chi connectivity index (χ1) is 12.9. The number of nitro groups is 2. The first-order valence-electron chi connectivity index (χ1n) is 7.43. The molecule has 0 saturated carbocycles. The smallest absolute Gasteiger partial charge is 0.301 e. The van der Waals surface area contributed by atoms with E-state index in [4.69, 9.17) is 14.2 Å². The van der Waals surface area contributed by atoms with Crippen LogP contribution in [0, 0.1) is 20.2 Å². The molecule has 2 aromatic carbocycles. The van der Waals surface area contributed by atoms with E-state index in [1.54, 1.807) is 12.1 Å².